The minimum Gasteiger partial charge on any atom is -0.396 e. The first-order chi connectivity index (χ1) is 10.1. The maximum atomic E-state index is 6.09. The molecule has 1 fully saturated rings. The molecule has 0 aliphatic carbocycles. The first-order valence-corrected chi connectivity index (χ1v) is 7.54. The highest BCUT2D eigenvalue weighted by Gasteiger charge is 2.26. The monoisotopic (exact) mass is 322 g/mol. The molecular weight excluding hydrogens is 307 g/mol. The van der Waals surface area contributed by atoms with E-state index < -0.39 is 0 Å². The van der Waals surface area contributed by atoms with Crippen LogP contribution < -0.4 is 16.0 Å². The van der Waals surface area contributed by atoms with Crippen LogP contribution in [0.1, 0.15) is 11.6 Å². The molecule has 6 heteroatoms. The second kappa shape index (κ2) is 6.10. The Hall–Kier alpha value is -1.49. The molecule has 1 aliphatic heterocycles. The van der Waals surface area contributed by atoms with Crippen LogP contribution in [0.4, 0.5) is 11.5 Å². The zero-order valence-corrected chi connectivity index (χ0v) is 12.9. The minimum absolute atomic E-state index is 0.173. The summed E-state index contributed by atoms with van der Waals surface area (Å²) in [5.74, 6) is 0.779. The molecule has 1 aromatic carbocycles. The van der Waals surface area contributed by atoms with Crippen LogP contribution in [0.3, 0.4) is 0 Å². The van der Waals surface area contributed by atoms with Gasteiger partial charge in [-0.2, -0.15) is 0 Å². The highest BCUT2D eigenvalue weighted by Crippen LogP contribution is 2.32. The normalized spacial score (nSPS) is 18.8. The number of nitrogens with zero attached hydrogens (tertiary/aromatic N) is 2. The van der Waals surface area contributed by atoms with Gasteiger partial charge in [-0.1, -0.05) is 35.3 Å². The maximum Gasteiger partial charge on any atom is 0.152 e. The lowest BCUT2D eigenvalue weighted by Crippen LogP contribution is -2.46. The lowest BCUT2D eigenvalue weighted by atomic mass is 10.0. The number of halogens is 2. The van der Waals surface area contributed by atoms with Gasteiger partial charge in [-0.15, -0.1) is 0 Å². The van der Waals surface area contributed by atoms with E-state index >= 15 is 0 Å². The first-order valence-electron chi connectivity index (χ1n) is 6.79. The van der Waals surface area contributed by atoms with Gasteiger partial charge in [0.25, 0.3) is 0 Å². The van der Waals surface area contributed by atoms with Gasteiger partial charge < -0.3 is 16.0 Å². The summed E-state index contributed by atoms with van der Waals surface area (Å²) in [7, 11) is 0. The number of nitrogen functional groups attached to an aromatic ring is 1. The average Bonchev–Trinajstić information content (AvgIpc) is 2.48. The molecule has 1 saturated heterocycles. The zero-order chi connectivity index (χ0) is 14.8. The Morgan fingerprint density at radius 1 is 1.19 bits per heavy atom. The summed E-state index contributed by atoms with van der Waals surface area (Å²) in [4.78, 5) is 6.62. The fourth-order valence-corrected chi connectivity index (χ4v) is 2.92. The van der Waals surface area contributed by atoms with Crippen molar-refractivity contribution in [2.24, 2.45) is 0 Å². The van der Waals surface area contributed by atoms with Crippen LogP contribution in [0.15, 0.2) is 36.5 Å². The Balaban J connectivity index is 1.96. The third kappa shape index (κ3) is 3.07. The molecule has 0 bridgehead atoms. The summed E-state index contributed by atoms with van der Waals surface area (Å²) < 4.78 is 0. The van der Waals surface area contributed by atoms with E-state index in [-0.39, 0.29) is 6.04 Å². The van der Waals surface area contributed by atoms with E-state index in [0.717, 1.165) is 30.5 Å². The minimum atomic E-state index is 0.173. The van der Waals surface area contributed by atoms with Gasteiger partial charge >= 0.3 is 0 Å². The van der Waals surface area contributed by atoms with Gasteiger partial charge in [-0.3, -0.25) is 0 Å². The molecule has 2 aromatic rings. The Morgan fingerprint density at radius 3 is 2.67 bits per heavy atom. The third-order valence-corrected chi connectivity index (χ3v) is 4.09. The highest BCUT2D eigenvalue weighted by atomic mass is 35.5. The van der Waals surface area contributed by atoms with E-state index in [1.165, 1.54) is 5.56 Å². The number of nitrogens with two attached hydrogens (primary N) is 1. The summed E-state index contributed by atoms with van der Waals surface area (Å²) in [6, 6.07) is 9.81. The smallest absolute Gasteiger partial charge is 0.152 e. The third-order valence-electron chi connectivity index (χ3n) is 3.63. The van der Waals surface area contributed by atoms with Crippen molar-refractivity contribution in [3.05, 3.63) is 52.1 Å². The highest BCUT2D eigenvalue weighted by molar-refractivity contribution is 6.31. The van der Waals surface area contributed by atoms with Crippen molar-refractivity contribution in [1.29, 1.82) is 0 Å². The van der Waals surface area contributed by atoms with Crippen molar-refractivity contribution in [1.82, 2.24) is 10.3 Å². The van der Waals surface area contributed by atoms with Crippen LogP contribution in [0.25, 0.3) is 0 Å². The summed E-state index contributed by atoms with van der Waals surface area (Å²) in [6.45, 7) is 2.57. The lowest BCUT2D eigenvalue weighted by Gasteiger charge is -2.38. The topological polar surface area (TPSA) is 54.2 Å². The second-order valence-electron chi connectivity index (χ2n) is 5.03. The number of nitrogens with one attached hydrogen (secondary N) is 1. The quantitative estimate of drug-likeness (QED) is 0.892. The predicted octanol–water partition coefficient (Wildman–Crippen LogP) is 3.12. The van der Waals surface area contributed by atoms with Gasteiger partial charge in [0.2, 0.25) is 0 Å². The molecule has 0 radical (unpaired) electrons. The van der Waals surface area contributed by atoms with E-state index in [0.29, 0.717) is 10.7 Å². The lowest BCUT2D eigenvalue weighted by molar-refractivity contribution is 0.487. The first kappa shape index (κ1) is 14.4. The van der Waals surface area contributed by atoms with Gasteiger partial charge in [-0.05, 0) is 23.8 Å². The molecule has 1 unspecified atom stereocenters. The number of rotatable bonds is 2. The number of piperazine rings is 1. The zero-order valence-electron chi connectivity index (χ0n) is 11.4. The van der Waals surface area contributed by atoms with Crippen molar-refractivity contribution >= 4 is 34.7 Å². The molecule has 1 aliphatic rings. The Labute approximate surface area is 133 Å². The number of pyridine rings is 1. The molecule has 3 N–H and O–H groups in total. The number of aromatic nitrogens is 1. The largest absolute Gasteiger partial charge is 0.396 e. The molecule has 1 atom stereocenters. The predicted molar refractivity (Wildman–Crippen MR) is 88.1 cm³/mol. The Kier molecular flexibility index (Phi) is 4.19. The van der Waals surface area contributed by atoms with Crippen LogP contribution in [0.5, 0.6) is 0 Å². The van der Waals surface area contributed by atoms with Gasteiger partial charge in [0, 0.05) is 30.9 Å². The van der Waals surface area contributed by atoms with Gasteiger partial charge in [0.05, 0.1) is 16.8 Å². The maximum absolute atomic E-state index is 6.09. The van der Waals surface area contributed by atoms with Crippen molar-refractivity contribution in [3.8, 4) is 0 Å². The van der Waals surface area contributed by atoms with Gasteiger partial charge in [0.1, 0.15) is 0 Å². The number of hydrogen-bond donors (Lipinski definition) is 2. The summed E-state index contributed by atoms with van der Waals surface area (Å²) >= 11 is 11.9. The Morgan fingerprint density at radius 2 is 1.95 bits per heavy atom. The van der Waals surface area contributed by atoms with Crippen LogP contribution in [0.2, 0.25) is 10.0 Å². The summed E-state index contributed by atoms with van der Waals surface area (Å²) in [6.07, 6.45) is 1.63. The van der Waals surface area contributed by atoms with Crippen molar-refractivity contribution in [2.75, 3.05) is 30.3 Å². The molecule has 1 aromatic heterocycles. The molecule has 110 valence electrons. The van der Waals surface area contributed by atoms with Crippen LogP contribution in [0, 0.1) is 0 Å². The number of hydrogen-bond acceptors (Lipinski definition) is 4. The van der Waals surface area contributed by atoms with Crippen LogP contribution in [-0.2, 0) is 0 Å². The molecule has 0 amide bonds. The molecule has 4 nitrogen and oxygen atoms in total. The standard InChI is InChI=1S/C15H16Cl2N4/c16-11-3-1-10(2-4-11)14-9-19-5-6-21(14)15-13(18)7-12(17)8-20-15/h1-4,7-8,14,19H,5-6,9,18H2. The molecule has 0 spiro atoms. The van der Waals surface area contributed by atoms with Crippen molar-refractivity contribution in [3.63, 3.8) is 0 Å². The molecular formula is C15H16Cl2N4. The second-order valence-corrected chi connectivity index (χ2v) is 5.90. The molecule has 3 rings (SSSR count). The fraction of sp³-hybridized carbons (Fsp3) is 0.267. The summed E-state index contributed by atoms with van der Waals surface area (Å²) in [5, 5.41) is 4.69. The molecule has 2 heterocycles. The average molecular weight is 323 g/mol. The number of anilines is 2. The molecule has 0 saturated carbocycles. The van der Waals surface area contributed by atoms with E-state index in [2.05, 4.69) is 15.2 Å². The van der Waals surface area contributed by atoms with Crippen LogP contribution >= 0.6 is 23.2 Å². The van der Waals surface area contributed by atoms with E-state index in [4.69, 9.17) is 28.9 Å². The van der Waals surface area contributed by atoms with Crippen molar-refractivity contribution in [2.45, 2.75) is 6.04 Å². The number of benzene rings is 1. The molecule has 21 heavy (non-hydrogen) atoms. The van der Waals surface area contributed by atoms with E-state index in [9.17, 15) is 0 Å². The summed E-state index contributed by atoms with van der Waals surface area (Å²) in [5.41, 5.74) is 7.87. The van der Waals surface area contributed by atoms with Gasteiger partial charge in [0.15, 0.2) is 5.82 Å². The SMILES string of the molecule is Nc1cc(Cl)cnc1N1CCNCC1c1ccc(Cl)cc1. The van der Waals surface area contributed by atoms with Gasteiger partial charge in [-0.25, -0.2) is 4.98 Å². The van der Waals surface area contributed by atoms with E-state index in [1.807, 2.05) is 24.3 Å². The Bertz CT molecular complexity index is 630. The van der Waals surface area contributed by atoms with Crippen LogP contribution in [-0.4, -0.2) is 24.6 Å². The van der Waals surface area contributed by atoms with Crippen molar-refractivity contribution < 1.29 is 0 Å². The van der Waals surface area contributed by atoms with E-state index in [1.54, 1.807) is 12.3 Å². The fourth-order valence-electron chi connectivity index (χ4n) is 2.63.